The van der Waals surface area contributed by atoms with E-state index in [-0.39, 0.29) is 5.41 Å². The molecular weight excluding hydrogens is 350 g/mol. The van der Waals surface area contributed by atoms with E-state index in [1.54, 1.807) is 7.11 Å². The first kappa shape index (κ1) is 20.1. The van der Waals surface area contributed by atoms with E-state index in [0.29, 0.717) is 0 Å². The lowest BCUT2D eigenvalue weighted by molar-refractivity contribution is 0.254. The molecule has 0 fully saturated rings. The average Bonchev–Trinajstić information content (AvgIpc) is 3.04. The molecule has 6 nitrogen and oxygen atoms in total. The lowest BCUT2D eigenvalue weighted by atomic mass is 9.93. The second kappa shape index (κ2) is 7.80. The van der Waals surface area contributed by atoms with Gasteiger partial charge in [0, 0.05) is 36.0 Å². The van der Waals surface area contributed by atoms with E-state index in [9.17, 15) is 0 Å². The van der Waals surface area contributed by atoms with E-state index in [1.165, 1.54) is 0 Å². The third-order valence-corrected chi connectivity index (χ3v) is 4.95. The highest BCUT2D eigenvalue weighted by Crippen LogP contribution is 2.27. The molecule has 0 amide bonds. The summed E-state index contributed by atoms with van der Waals surface area (Å²) in [4.78, 5) is 6.96. The Balaban J connectivity index is 1.97. The summed E-state index contributed by atoms with van der Waals surface area (Å²) in [6.07, 6.45) is 0. The van der Waals surface area contributed by atoms with Crippen molar-refractivity contribution in [3.8, 4) is 17.0 Å². The molecule has 0 saturated carbocycles. The van der Waals surface area contributed by atoms with E-state index in [1.807, 2.05) is 41.8 Å². The molecule has 0 bridgehead atoms. The topological polar surface area (TPSA) is 54.7 Å². The number of nitrogens with zero attached hydrogens (tertiary/aromatic N) is 4. The zero-order valence-electron chi connectivity index (χ0n) is 18.0. The summed E-state index contributed by atoms with van der Waals surface area (Å²) in [6.45, 7) is 10.5. The van der Waals surface area contributed by atoms with Gasteiger partial charge in [0.1, 0.15) is 11.6 Å². The monoisotopic (exact) mass is 381 g/mol. The van der Waals surface area contributed by atoms with Gasteiger partial charge in [-0.2, -0.15) is 9.61 Å². The molecule has 0 saturated heterocycles. The number of aryl methyl sites for hydroxylation is 1. The van der Waals surface area contributed by atoms with Gasteiger partial charge in [0.05, 0.1) is 12.8 Å². The zero-order valence-corrected chi connectivity index (χ0v) is 18.0. The van der Waals surface area contributed by atoms with Crippen LogP contribution in [0.25, 0.3) is 16.9 Å². The van der Waals surface area contributed by atoms with Gasteiger partial charge in [-0.05, 0) is 57.6 Å². The van der Waals surface area contributed by atoms with E-state index in [0.717, 1.165) is 52.8 Å². The molecule has 0 spiro atoms. The molecule has 150 valence electrons. The molecule has 6 heteroatoms. The van der Waals surface area contributed by atoms with E-state index >= 15 is 0 Å². The van der Waals surface area contributed by atoms with Crippen LogP contribution in [-0.2, 0) is 0 Å². The molecule has 3 aromatic rings. The Morgan fingerprint density at radius 3 is 2.43 bits per heavy atom. The number of anilines is 1. The Labute approximate surface area is 167 Å². The van der Waals surface area contributed by atoms with Gasteiger partial charge in [-0.1, -0.05) is 13.8 Å². The smallest absolute Gasteiger partial charge is 0.158 e. The number of benzene rings is 1. The minimum absolute atomic E-state index is 0.130. The first-order chi connectivity index (χ1) is 13.2. The third kappa shape index (κ3) is 4.28. The van der Waals surface area contributed by atoms with Crippen molar-refractivity contribution < 1.29 is 4.74 Å². The minimum Gasteiger partial charge on any atom is -0.497 e. The molecule has 0 aliphatic rings. The summed E-state index contributed by atoms with van der Waals surface area (Å²) < 4.78 is 7.18. The van der Waals surface area contributed by atoms with Crippen molar-refractivity contribution >= 4 is 11.5 Å². The Bertz CT molecular complexity index is 957. The van der Waals surface area contributed by atoms with Crippen LogP contribution < -0.4 is 10.1 Å². The maximum absolute atomic E-state index is 5.25. The lowest BCUT2D eigenvalue weighted by Gasteiger charge is -2.29. The SMILES string of the molecule is COc1ccc(-c2cc3nc(C)c(C)c(NCC(C)(C)CN(C)C)n3n2)cc1. The van der Waals surface area contributed by atoms with Crippen LogP contribution in [0.4, 0.5) is 5.82 Å². The molecule has 1 aromatic carbocycles. The van der Waals surface area contributed by atoms with Gasteiger partial charge < -0.3 is 15.0 Å². The van der Waals surface area contributed by atoms with E-state index in [4.69, 9.17) is 14.8 Å². The lowest BCUT2D eigenvalue weighted by Crippen LogP contribution is -2.35. The number of hydrogen-bond donors (Lipinski definition) is 1. The van der Waals surface area contributed by atoms with Crippen molar-refractivity contribution in [3.05, 3.63) is 41.6 Å². The molecule has 0 unspecified atom stereocenters. The standard InChI is InChI=1S/C22H31N5O/c1-15-16(2)24-20-12-19(17-8-10-18(28-7)11-9-17)25-27(20)21(15)23-13-22(3,4)14-26(5)6/h8-12,23H,13-14H2,1-7H3. The molecule has 0 aliphatic heterocycles. The molecule has 0 radical (unpaired) electrons. The van der Waals surface area contributed by atoms with Crippen LogP contribution in [0.15, 0.2) is 30.3 Å². The van der Waals surface area contributed by atoms with Crippen molar-refractivity contribution in [3.63, 3.8) is 0 Å². The molecule has 1 N–H and O–H groups in total. The molecule has 2 heterocycles. The summed E-state index contributed by atoms with van der Waals surface area (Å²) in [7, 11) is 5.89. The van der Waals surface area contributed by atoms with Crippen LogP contribution in [0.5, 0.6) is 5.75 Å². The van der Waals surface area contributed by atoms with E-state index < -0.39 is 0 Å². The summed E-state index contributed by atoms with van der Waals surface area (Å²) in [6, 6.07) is 9.98. The third-order valence-electron chi connectivity index (χ3n) is 4.95. The number of aromatic nitrogens is 3. The molecule has 28 heavy (non-hydrogen) atoms. The average molecular weight is 382 g/mol. The Kier molecular flexibility index (Phi) is 5.61. The molecule has 2 aromatic heterocycles. The fourth-order valence-electron chi connectivity index (χ4n) is 3.55. The minimum atomic E-state index is 0.130. The van der Waals surface area contributed by atoms with Crippen LogP contribution in [0.3, 0.4) is 0 Å². The zero-order chi connectivity index (χ0) is 20.5. The number of ether oxygens (including phenoxy) is 1. The quantitative estimate of drug-likeness (QED) is 0.670. The summed E-state index contributed by atoms with van der Waals surface area (Å²) in [5.74, 6) is 1.84. The van der Waals surface area contributed by atoms with Crippen LogP contribution in [0.1, 0.15) is 25.1 Å². The van der Waals surface area contributed by atoms with Crippen molar-refractivity contribution in [1.29, 1.82) is 0 Å². The normalized spacial score (nSPS) is 12.0. The highest BCUT2D eigenvalue weighted by Gasteiger charge is 2.21. The second-order valence-corrected chi connectivity index (χ2v) is 8.45. The first-order valence-electron chi connectivity index (χ1n) is 9.60. The molecule has 3 rings (SSSR count). The van der Waals surface area contributed by atoms with Crippen molar-refractivity contribution in [2.24, 2.45) is 5.41 Å². The largest absolute Gasteiger partial charge is 0.497 e. The first-order valence-corrected chi connectivity index (χ1v) is 9.60. The Hall–Kier alpha value is -2.60. The summed E-state index contributed by atoms with van der Waals surface area (Å²) in [5, 5.41) is 8.48. The van der Waals surface area contributed by atoms with Gasteiger partial charge in [0.25, 0.3) is 0 Å². The van der Waals surface area contributed by atoms with Crippen molar-refractivity contribution in [2.75, 3.05) is 39.6 Å². The number of rotatable bonds is 7. The fourth-order valence-corrected chi connectivity index (χ4v) is 3.55. The molecule has 0 atom stereocenters. The van der Waals surface area contributed by atoms with Crippen molar-refractivity contribution in [1.82, 2.24) is 19.5 Å². The van der Waals surface area contributed by atoms with Crippen LogP contribution in [-0.4, -0.2) is 53.8 Å². The van der Waals surface area contributed by atoms with Crippen molar-refractivity contribution in [2.45, 2.75) is 27.7 Å². The van der Waals surface area contributed by atoms with E-state index in [2.05, 4.69) is 45.1 Å². The highest BCUT2D eigenvalue weighted by atomic mass is 16.5. The summed E-state index contributed by atoms with van der Waals surface area (Å²) in [5.41, 5.74) is 5.06. The molecule has 0 aliphatic carbocycles. The molecular formula is C22H31N5O. The Morgan fingerprint density at radius 2 is 1.82 bits per heavy atom. The van der Waals surface area contributed by atoms with Gasteiger partial charge in [-0.25, -0.2) is 4.98 Å². The van der Waals surface area contributed by atoms with Gasteiger partial charge in [-0.3, -0.25) is 0 Å². The predicted octanol–water partition coefficient (Wildman–Crippen LogP) is 4.02. The highest BCUT2D eigenvalue weighted by molar-refractivity contribution is 5.67. The van der Waals surface area contributed by atoms with Crippen LogP contribution >= 0.6 is 0 Å². The van der Waals surface area contributed by atoms with Crippen LogP contribution in [0, 0.1) is 19.3 Å². The second-order valence-electron chi connectivity index (χ2n) is 8.45. The maximum Gasteiger partial charge on any atom is 0.158 e. The number of fused-ring (bicyclic) bond motifs is 1. The van der Waals surface area contributed by atoms with Gasteiger partial charge in [-0.15, -0.1) is 0 Å². The van der Waals surface area contributed by atoms with Gasteiger partial charge in [0.15, 0.2) is 5.65 Å². The fraction of sp³-hybridized carbons (Fsp3) is 0.455. The number of hydrogen-bond acceptors (Lipinski definition) is 5. The van der Waals surface area contributed by atoms with Gasteiger partial charge >= 0.3 is 0 Å². The maximum atomic E-state index is 5.25. The summed E-state index contributed by atoms with van der Waals surface area (Å²) >= 11 is 0. The number of nitrogens with one attached hydrogen (secondary N) is 1. The van der Waals surface area contributed by atoms with Gasteiger partial charge in [0.2, 0.25) is 0 Å². The van der Waals surface area contributed by atoms with Crippen LogP contribution in [0.2, 0.25) is 0 Å². The Morgan fingerprint density at radius 1 is 1.14 bits per heavy atom. The number of methoxy groups -OCH3 is 1. The predicted molar refractivity (Wildman–Crippen MR) is 115 cm³/mol.